The van der Waals surface area contributed by atoms with Crippen molar-refractivity contribution in [3.05, 3.63) is 50.4 Å². The Kier molecular flexibility index (Phi) is 6.39. The van der Waals surface area contributed by atoms with Gasteiger partial charge in [-0.2, -0.15) is 0 Å². The van der Waals surface area contributed by atoms with Crippen LogP contribution in [-0.2, 0) is 9.47 Å². The zero-order valence-corrected chi connectivity index (χ0v) is 16.3. The first-order valence-electron chi connectivity index (χ1n) is 7.76. The standard InChI is InChI=1S/C18H18ClNO5S/c1-5-25-17(22)13-10(3)14(18(23)24-4)26-16(13)20-15(21)11-7-6-9(2)8-12(11)19/h6-8H,5H2,1-4H3,(H,20,21). The van der Waals surface area contributed by atoms with Crippen molar-refractivity contribution in [2.24, 2.45) is 0 Å². The molecule has 6 nitrogen and oxygen atoms in total. The molecule has 1 aromatic carbocycles. The van der Waals surface area contributed by atoms with Crippen LogP contribution in [0.25, 0.3) is 0 Å². The summed E-state index contributed by atoms with van der Waals surface area (Å²) >= 11 is 7.08. The van der Waals surface area contributed by atoms with E-state index in [-0.39, 0.29) is 27.6 Å². The number of hydrogen-bond donors (Lipinski definition) is 1. The summed E-state index contributed by atoms with van der Waals surface area (Å²) in [5.41, 5.74) is 1.70. The van der Waals surface area contributed by atoms with E-state index in [2.05, 4.69) is 5.32 Å². The van der Waals surface area contributed by atoms with Crippen LogP contribution in [0.3, 0.4) is 0 Å². The number of benzene rings is 1. The van der Waals surface area contributed by atoms with Gasteiger partial charge >= 0.3 is 11.9 Å². The SMILES string of the molecule is CCOC(=O)c1c(NC(=O)c2ccc(C)cc2Cl)sc(C(=O)OC)c1C. The second-order valence-corrected chi connectivity index (χ2v) is 6.84. The average Bonchev–Trinajstić information content (AvgIpc) is 2.90. The van der Waals surface area contributed by atoms with Crippen molar-refractivity contribution in [1.82, 2.24) is 0 Å². The highest BCUT2D eigenvalue weighted by molar-refractivity contribution is 7.18. The number of carbonyl (C=O) groups excluding carboxylic acids is 3. The van der Waals surface area contributed by atoms with Crippen LogP contribution < -0.4 is 5.32 Å². The molecular formula is C18H18ClNO5S. The first-order chi connectivity index (χ1) is 12.3. The van der Waals surface area contributed by atoms with E-state index in [0.29, 0.717) is 10.6 Å². The van der Waals surface area contributed by atoms with Crippen LogP contribution in [-0.4, -0.2) is 31.6 Å². The van der Waals surface area contributed by atoms with E-state index >= 15 is 0 Å². The van der Waals surface area contributed by atoms with Gasteiger partial charge in [-0.3, -0.25) is 4.79 Å². The van der Waals surface area contributed by atoms with Crippen molar-refractivity contribution in [3.63, 3.8) is 0 Å². The molecule has 1 amide bonds. The lowest BCUT2D eigenvalue weighted by atomic mass is 10.1. The Morgan fingerprint density at radius 1 is 1.19 bits per heavy atom. The molecule has 2 rings (SSSR count). The second kappa shape index (κ2) is 8.33. The van der Waals surface area contributed by atoms with Crippen LogP contribution in [0.5, 0.6) is 0 Å². The highest BCUT2D eigenvalue weighted by Gasteiger charge is 2.27. The van der Waals surface area contributed by atoms with Crippen LogP contribution in [0, 0.1) is 13.8 Å². The van der Waals surface area contributed by atoms with Crippen molar-refractivity contribution >= 4 is 45.8 Å². The number of esters is 2. The maximum absolute atomic E-state index is 12.6. The zero-order chi connectivity index (χ0) is 19.4. The van der Waals surface area contributed by atoms with Crippen molar-refractivity contribution in [1.29, 1.82) is 0 Å². The summed E-state index contributed by atoms with van der Waals surface area (Å²) < 4.78 is 9.77. The molecule has 0 unspecified atom stereocenters. The third-order valence-corrected chi connectivity index (χ3v) is 5.09. The molecule has 0 radical (unpaired) electrons. The lowest BCUT2D eigenvalue weighted by Crippen LogP contribution is -2.15. The molecule has 0 spiro atoms. The highest BCUT2D eigenvalue weighted by Crippen LogP contribution is 2.35. The third-order valence-electron chi connectivity index (χ3n) is 3.59. The maximum Gasteiger partial charge on any atom is 0.348 e. The van der Waals surface area contributed by atoms with Gasteiger partial charge in [0.2, 0.25) is 0 Å². The minimum absolute atomic E-state index is 0.133. The first kappa shape index (κ1) is 19.9. The zero-order valence-electron chi connectivity index (χ0n) is 14.8. The number of rotatable bonds is 5. The molecule has 0 aliphatic heterocycles. The van der Waals surface area contributed by atoms with Gasteiger partial charge in [0.05, 0.1) is 29.9 Å². The van der Waals surface area contributed by atoms with Gasteiger partial charge in [-0.15, -0.1) is 11.3 Å². The number of amides is 1. The van der Waals surface area contributed by atoms with Gasteiger partial charge in [0.25, 0.3) is 5.91 Å². The Morgan fingerprint density at radius 3 is 2.46 bits per heavy atom. The van der Waals surface area contributed by atoms with Gasteiger partial charge in [-0.1, -0.05) is 17.7 Å². The normalized spacial score (nSPS) is 10.3. The largest absolute Gasteiger partial charge is 0.465 e. The third kappa shape index (κ3) is 4.05. The number of ether oxygens (including phenoxy) is 2. The summed E-state index contributed by atoms with van der Waals surface area (Å²) in [6, 6.07) is 5.02. The smallest absolute Gasteiger partial charge is 0.348 e. The molecule has 0 fully saturated rings. The number of aryl methyl sites for hydroxylation is 1. The molecule has 1 aromatic heterocycles. The van der Waals surface area contributed by atoms with Gasteiger partial charge < -0.3 is 14.8 Å². The lowest BCUT2D eigenvalue weighted by molar-refractivity contribution is 0.0527. The van der Waals surface area contributed by atoms with Crippen molar-refractivity contribution in [2.75, 3.05) is 19.0 Å². The molecule has 0 aliphatic carbocycles. The van der Waals surface area contributed by atoms with E-state index < -0.39 is 17.8 Å². The topological polar surface area (TPSA) is 81.7 Å². The number of halogens is 1. The van der Waals surface area contributed by atoms with Crippen LogP contribution in [0.15, 0.2) is 18.2 Å². The Hall–Kier alpha value is -2.38. The molecule has 0 atom stereocenters. The monoisotopic (exact) mass is 395 g/mol. The summed E-state index contributed by atoms with van der Waals surface area (Å²) in [5.74, 6) is -1.70. The van der Waals surface area contributed by atoms with Gasteiger partial charge in [-0.25, -0.2) is 9.59 Å². The van der Waals surface area contributed by atoms with Crippen LogP contribution in [0.2, 0.25) is 5.02 Å². The number of anilines is 1. The molecule has 0 saturated carbocycles. The molecule has 2 aromatic rings. The Balaban J connectivity index is 2.45. The molecular weight excluding hydrogens is 378 g/mol. The number of nitrogens with one attached hydrogen (secondary N) is 1. The summed E-state index contributed by atoms with van der Waals surface area (Å²) in [6.07, 6.45) is 0. The van der Waals surface area contributed by atoms with Gasteiger partial charge in [0.1, 0.15) is 9.88 Å². The van der Waals surface area contributed by atoms with Crippen molar-refractivity contribution in [2.45, 2.75) is 20.8 Å². The predicted molar refractivity (Wildman–Crippen MR) is 100 cm³/mol. The molecule has 0 bridgehead atoms. The van der Waals surface area contributed by atoms with E-state index in [1.807, 2.05) is 6.92 Å². The second-order valence-electron chi connectivity index (χ2n) is 5.41. The lowest BCUT2D eigenvalue weighted by Gasteiger charge is -2.08. The van der Waals surface area contributed by atoms with Crippen LogP contribution >= 0.6 is 22.9 Å². The minimum Gasteiger partial charge on any atom is -0.465 e. The van der Waals surface area contributed by atoms with Gasteiger partial charge in [0.15, 0.2) is 0 Å². The molecule has 0 aliphatic rings. The number of methoxy groups -OCH3 is 1. The molecule has 138 valence electrons. The molecule has 26 heavy (non-hydrogen) atoms. The Morgan fingerprint density at radius 2 is 1.88 bits per heavy atom. The van der Waals surface area contributed by atoms with E-state index in [4.69, 9.17) is 21.1 Å². The predicted octanol–water partition coefficient (Wildman–Crippen LogP) is 4.23. The molecule has 0 saturated heterocycles. The first-order valence-corrected chi connectivity index (χ1v) is 8.95. The van der Waals surface area contributed by atoms with Crippen LogP contribution in [0.4, 0.5) is 5.00 Å². The van der Waals surface area contributed by atoms with E-state index in [0.717, 1.165) is 16.9 Å². The van der Waals surface area contributed by atoms with E-state index in [1.54, 1.807) is 32.0 Å². The summed E-state index contributed by atoms with van der Waals surface area (Å²) in [7, 11) is 1.25. The summed E-state index contributed by atoms with van der Waals surface area (Å²) in [6.45, 7) is 5.30. The molecule has 8 heteroatoms. The fourth-order valence-corrected chi connectivity index (χ4v) is 3.74. The Labute approximate surface area is 160 Å². The fraction of sp³-hybridized carbons (Fsp3) is 0.278. The maximum atomic E-state index is 12.6. The van der Waals surface area contributed by atoms with Crippen molar-refractivity contribution < 1.29 is 23.9 Å². The number of thiophene rings is 1. The van der Waals surface area contributed by atoms with Gasteiger partial charge in [0, 0.05) is 0 Å². The number of carbonyl (C=O) groups is 3. The Bertz CT molecular complexity index is 875. The van der Waals surface area contributed by atoms with E-state index in [9.17, 15) is 14.4 Å². The van der Waals surface area contributed by atoms with Crippen LogP contribution in [0.1, 0.15) is 48.4 Å². The van der Waals surface area contributed by atoms with Gasteiger partial charge in [-0.05, 0) is 44.0 Å². The number of hydrogen-bond acceptors (Lipinski definition) is 6. The average molecular weight is 396 g/mol. The minimum atomic E-state index is -0.623. The van der Waals surface area contributed by atoms with Crippen molar-refractivity contribution in [3.8, 4) is 0 Å². The quantitative estimate of drug-likeness (QED) is 0.766. The summed E-state index contributed by atoms with van der Waals surface area (Å²) in [4.78, 5) is 37.0. The van der Waals surface area contributed by atoms with E-state index in [1.165, 1.54) is 7.11 Å². The highest BCUT2D eigenvalue weighted by atomic mass is 35.5. The summed E-state index contributed by atoms with van der Waals surface area (Å²) in [5, 5.41) is 3.16. The fourth-order valence-electron chi connectivity index (χ4n) is 2.31. The molecule has 1 N–H and O–H groups in total. The molecule has 1 heterocycles.